The number of aliphatic hydroxyl groups excluding tert-OH is 2. The van der Waals surface area contributed by atoms with E-state index in [1.54, 1.807) is 0 Å². The van der Waals surface area contributed by atoms with Gasteiger partial charge in [0.15, 0.2) is 5.78 Å². The lowest BCUT2D eigenvalue weighted by Gasteiger charge is -2.22. The van der Waals surface area contributed by atoms with E-state index in [1.807, 2.05) is 0 Å². The number of ether oxygens (including phenoxy) is 1. The predicted octanol–water partition coefficient (Wildman–Crippen LogP) is 1.54. The maximum absolute atomic E-state index is 12.3. The van der Waals surface area contributed by atoms with Crippen LogP contribution in [0.2, 0.25) is 0 Å². The number of hydrogen-bond acceptors (Lipinski definition) is 7. The van der Waals surface area contributed by atoms with Crippen molar-refractivity contribution in [2.75, 3.05) is 0 Å². The highest BCUT2D eigenvalue weighted by Gasteiger charge is 2.27. The maximum Gasteiger partial charge on any atom is 0.345 e. The molecule has 0 saturated carbocycles. The minimum absolute atomic E-state index is 0.0651. The second-order valence-corrected chi connectivity index (χ2v) is 5.77. The first-order chi connectivity index (χ1) is 11.9. The Morgan fingerprint density at radius 3 is 2.64 bits per heavy atom. The predicted molar refractivity (Wildman–Crippen MR) is 86.9 cm³/mol. The Balaban J connectivity index is 2.10. The van der Waals surface area contributed by atoms with Gasteiger partial charge in [-0.2, -0.15) is 0 Å². The van der Waals surface area contributed by atoms with Crippen LogP contribution in [-0.2, 0) is 9.53 Å². The van der Waals surface area contributed by atoms with Crippen molar-refractivity contribution in [1.29, 1.82) is 0 Å². The van der Waals surface area contributed by atoms with Gasteiger partial charge in [-0.3, -0.25) is 14.9 Å². The fraction of sp³-hybridized carbons (Fsp3) is 0.412. The summed E-state index contributed by atoms with van der Waals surface area (Å²) < 4.78 is 5.36. The second-order valence-electron chi connectivity index (χ2n) is 5.77. The van der Waals surface area contributed by atoms with Gasteiger partial charge in [0.05, 0.1) is 11.0 Å². The number of nitro benzene ring substituents is 1. The Bertz CT molecular complexity index is 685. The van der Waals surface area contributed by atoms with Crippen molar-refractivity contribution in [2.24, 2.45) is 0 Å². The summed E-state index contributed by atoms with van der Waals surface area (Å²) in [4.78, 5) is 34.2. The average molecular weight is 349 g/mol. The van der Waals surface area contributed by atoms with Crippen molar-refractivity contribution in [1.82, 2.24) is 0 Å². The lowest BCUT2D eigenvalue weighted by atomic mass is 9.98. The van der Waals surface area contributed by atoms with E-state index in [0.717, 1.165) is 0 Å². The van der Waals surface area contributed by atoms with E-state index < -0.39 is 35.0 Å². The standard InChI is InChI=1S/C17H19NO7/c19-14-8-4-1-5-11(9-10-15(20)16(14)21)25-17(22)12-6-2-3-7-13(12)18(23)24/h2-4,6-8,11,15-16,20-21H,1,5,9-10H2/b8-4-. The first-order valence-electron chi connectivity index (χ1n) is 7.91. The number of allylic oxidation sites excluding steroid dienone is 1. The summed E-state index contributed by atoms with van der Waals surface area (Å²) in [5, 5.41) is 30.5. The molecule has 0 aliphatic heterocycles. The fourth-order valence-electron chi connectivity index (χ4n) is 2.57. The molecule has 0 amide bonds. The number of rotatable bonds is 3. The van der Waals surface area contributed by atoms with Gasteiger partial charge >= 0.3 is 5.97 Å². The van der Waals surface area contributed by atoms with Crippen molar-refractivity contribution >= 4 is 17.4 Å². The zero-order chi connectivity index (χ0) is 18.4. The number of benzene rings is 1. The largest absolute Gasteiger partial charge is 0.459 e. The highest BCUT2D eigenvalue weighted by atomic mass is 16.6. The molecule has 0 bridgehead atoms. The van der Waals surface area contributed by atoms with E-state index in [4.69, 9.17) is 4.74 Å². The third kappa shape index (κ3) is 4.94. The first kappa shape index (κ1) is 18.8. The molecule has 1 aliphatic rings. The number of carbonyl (C=O) groups excluding carboxylic acids is 2. The lowest BCUT2D eigenvalue weighted by Crippen LogP contribution is -2.34. The molecule has 1 aromatic carbocycles. The molecule has 8 nitrogen and oxygen atoms in total. The molecule has 0 saturated heterocycles. The Morgan fingerprint density at radius 2 is 1.92 bits per heavy atom. The maximum atomic E-state index is 12.3. The van der Waals surface area contributed by atoms with E-state index in [-0.39, 0.29) is 24.1 Å². The van der Waals surface area contributed by atoms with Crippen molar-refractivity contribution < 1.29 is 29.5 Å². The molecule has 0 spiro atoms. The minimum Gasteiger partial charge on any atom is -0.459 e. The molecule has 3 unspecified atom stereocenters. The molecule has 1 aromatic rings. The van der Waals surface area contributed by atoms with Crippen LogP contribution in [0.3, 0.4) is 0 Å². The van der Waals surface area contributed by atoms with Crippen molar-refractivity contribution in [3.8, 4) is 0 Å². The fourth-order valence-corrected chi connectivity index (χ4v) is 2.57. The molecule has 134 valence electrons. The second kappa shape index (κ2) is 8.50. The van der Waals surface area contributed by atoms with Gasteiger partial charge in [-0.05, 0) is 37.8 Å². The van der Waals surface area contributed by atoms with Gasteiger partial charge in [0.1, 0.15) is 17.8 Å². The summed E-state index contributed by atoms with van der Waals surface area (Å²) in [6.45, 7) is 0. The number of nitrogens with zero attached hydrogens (tertiary/aromatic N) is 1. The SMILES string of the molecule is O=C(OC1CC/C=C\C(=O)C(O)C(O)CC1)c1ccccc1[N+](=O)[O-]. The normalized spacial score (nSPS) is 25.8. The molecule has 1 aliphatic carbocycles. The number of aliphatic hydroxyl groups is 2. The Morgan fingerprint density at radius 1 is 1.20 bits per heavy atom. The number of esters is 1. The molecule has 0 aromatic heterocycles. The molecular formula is C17H19NO7. The van der Waals surface area contributed by atoms with Crippen LogP contribution in [0.5, 0.6) is 0 Å². The van der Waals surface area contributed by atoms with Gasteiger partial charge in [-0.1, -0.05) is 18.2 Å². The van der Waals surface area contributed by atoms with Crippen molar-refractivity contribution in [3.05, 3.63) is 52.1 Å². The molecule has 0 heterocycles. The highest BCUT2D eigenvalue weighted by Crippen LogP contribution is 2.22. The molecule has 8 heteroatoms. The quantitative estimate of drug-likeness (QED) is 0.481. The van der Waals surface area contributed by atoms with Crippen LogP contribution in [0, 0.1) is 10.1 Å². The number of nitro groups is 1. The zero-order valence-corrected chi connectivity index (χ0v) is 13.4. The van der Waals surface area contributed by atoms with Crippen LogP contribution in [0.25, 0.3) is 0 Å². The summed E-state index contributed by atoms with van der Waals surface area (Å²) in [5.74, 6) is -1.38. The monoisotopic (exact) mass is 349 g/mol. The number of ketones is 1. The Hall–Kier alpha value is -2.58. The van der Waals surface area contributed by atoms with Crippen LogP contribution in [0.4, 0.5) is 5.69 Å². The summed E-state index contributed by atoms with van der Waals surface area (Å²) in [6, 6.07) is 5.50. The molecule has 2 rings (SSSR count). The molecule has 0 radical (unpaired) electrons. The summed E-state index contributed by atoms with van der Waals surface area (Å²) in [5.41, 5.74) is -0.482. The number of hydrogen-bond donors (Lipinski definition) is 2. The van der Waals surface area contributed by atoms with Crippen LogP contribution in [0.15, 0.2) is 36.4 Å². The van der Waals surface area contributed by atoms with E-state index in [1.165, 1.54) is 36.4 Å². The number of carbonyl (C=O) groups is 2. The van der Waals surface area contributed by atoms with Crippen LogP contribution < -0.4 is 0 Å². The zero-order valence-electron chi connectivity index (χ0n) is 13.4. The smallest absolute Gasteiger partial charge is 0.345 e. The van der Waals surface area contributed by atoms with E-state index in [0.29, 0.717) is 12.8 Å². The molecule has 25 heavy (non-hydrogen) atoms. The lowest BCUT2D eigenvalue weighted by molar-refractivity contribution is -0.385. The highest BCUT2D eigenvalue weighted by molar-refractivity contribution is 5.94. The summed E-state index contributed by atoms with van der Waals surface area (Å²) in [7, 11) is 0. The molecule has 2 N–H and O–H groups in total. The van der Waals surface area contributed by atoms with Crippen LogP contribution in [-0.4, -0.2) is 45.2 Å². The van der Waals surface area contributed by atoms with Gasteiger partial charge in [-0.25, -0.2) is 4.79 Å². The van der Waals surface area contributed by atoms with Gasteiger partial charge in [-0.15, -0.1) is 0 Å². The molecular weight excluding hydrogens is 330 g/mol. The molecule has 3 atom stereocenters. The van der Waals surface area contributed by atoms with Gasteiger partial charge in [0.2, 0.25) is 0 Å². The third-order valence-electron chi connectivity index (χ3n) is 3.97. The van der Waals surface area contributed by atoms with Crippen molar-refractivity contribution in [3.63, 3.8) is 0 Å². The Labute approximate surface area is 143 Å². The molecule has 0 fully saturated rings. The van der Waals surface area contributed by atoms with Gasteiger partial charge < -0.3 is 14.9 Å². The minimum atomic E-state index is -1.51. The summed E-state index contributed by atoms with van der Waals surface area (Å²) >= 11 is 0. The first-order valence-corrected chi connectivity index (χ1v) is 7.91. The van der Waals surface area contributed by atoms with E-state index >= 15 is 0 Å². The summed E-state index contributed by atoms with van der Waals surface area (Å²) in [6.07, 6.45) is 0.495. The number of para-hydroxylation sites is 1. The topological polar surface area (TPSA) is 127 Å². The van der Waals surface area contributed by atoms with Crippen LogP contribution >= 0.6 is 0 Å². The van der Waals surface area contributed by atoms with Gasteiger partial charge in [0, 0.05) is 6.07 Å². The third-order valence-corrected chi connectivity index (χ3v) is 3.97. The van der Waals surface area contributed by atoms with Crippen LogP contribution in [0.1, 0.15) is 36.0 Å². The van der Waals surface area contributed by atoms with Crippen molar-refractivity contribution in [2.45, 2.75) is 44.0 Å². The average Bonchev–Trinajstić information content (AvgIpc) is 2.60. The van der Waals surface area contributed by atoms with E-state index in [2.05, 4.69) is 0 Å². The van der Waals surface area contributed by atoms with E-state index in [9.17, 15) is 29.9 Å². The van der Waals surface area contributed by atoms with Gasteiger partial charge in [0.25, 0.3) is 5.69 Å². The Kier molecular flexibility index (Phi) is 6.37.